The average molecular weight is 182 g/mol. The summed E-state index contributed by atoms with van der Waals surface area (Å²) in [6, 6.07) is 4.87. The fraction of sp³-hybridized carbons (Fsp3) is 0.455. The Morgan fingerprint density at radius 1 is 1.23 bits per heavy atom. The summed E-state index contributed by atoms with van der Waals surface area (Å²) in [7, 11) is 0. The number of rotatable bonds is 1. The highest BCUT2D eigenvalue weighted by Crippen LogP contribution is 2.24. The first-order valence-corrected chi connectivity index (χ1v) is 4.34. The highest BCUT2D eigenvalue weighted by atomic mass is 19.1. The van der Waals surface area contributed by atoms with Crippen molar-refractivity contribution >= 4 is 0 Å². The van der Waals surface area contributed by atoms with Crippen molar-refractivity contribution in [1.82, 2.24) is 0 Å². The molecule has 0 unspecified atom stereocenters. The summed E-state index contributed by atoms with van der Waals surface area (Å²) in [5.41, 5.74) is 0.288. The van der Waals surface area contributed by atoms with Crippen molar-refractivity contribution in [2.45, 2.75) is 33.3 Å². The van der Waals surface area contributed by atoms with E-state index in [9.17, 15) is 4.39 Å². The van der Waals surface area contributed by atoms with Gasteiger partial charge >= 0.3 is 0 Å². The molecule has 0 aliphatic heterocycles. The van der Waals surface area contributed by atoms with Gasteiger partial charge in [-0.2, -0.15) is 0 Å². The van der Waals surface area contributed by atoms with Crippen LogP contribution >= 0.6 is 0 Å². The molecule has 0 amide bonds. The Balaban J connectivity index is 2.96. The lowest BCUT2D eigenvalue weighted by Gasteiger charge is -2.22. The fourth-order valence-corrected chi connectivity index (χ4v) is 1.03. The highest BCUT2D eigenvalue weighted by molar-refractivity contribution is 5.33. The first kappa shape index (κ1) is 10.0. The van der Waals surface area contributed by atoms with Crippen LogP contribution in [0.4, 0.5) is 4.39 Å². The van der Waals surface area contributed by atoms with Gasteiger partial charge in [-0.1, -0.05) is 6.07 Å². The second-order valence-corrected chi connectivity index (χ2v) is 4.08. The van der Waals surface area contributed by atoms with Gasteiger partial charge in [-0.05, 0) is 39.8 Å². The molecule has 1 rings (SSSR count). The summed E-state index contributed by atoms with van der Waals surface area (Å²) < 4.78 is 18.6. The molecule has 0 saturated carbocycles. The molecule has 72 valence electrons. The molecule has 1 aromatic carbocycles. The molecule has 0 aliphatic carbocycles. The van der Waals surface area contributed by atoms with Gasteiger partial charge in [0.1, 0.15) is 17.2 Å². The van der Waals surface area contributed by atoms with Crippen LogP contribution in [0.25, 0.3) is 0 Å². The number of benzene rings is 1. The van der Waals surface area contributed by atoms with Crippen molar-refractivity contribution in [2.24, 2.45) is 0 Å². The van der Waals surface area contributed by atoms with Crippen LogP contribution in [0.5, 0.6) is 5.75 Å². The van der Waals surface area contributed by atoms with E-state index in [1.165, 1.54) is 6.07 Å². The van der Waals surface area contributed by atoms with Gasteiger partial charge in [0.2, 0.25) is 0 Å². The largest absolute Gasteiger partial charge is 0.488 e. The quantitative estimate of drug-likeness (QED) is 0.647. The summed E-state index contributed by atoms with van der Waals surface area (Å²) in [6.07, 6.45) is 0. The molecule has 0 fully saturated rings. The third-order valence-corrected chi connectivity index (χ3v) is 1.63. The Labute approximate surface area is 78.5 Å². The molecule has 0 spiro atoms. The highest BCUT2D eigenvalue weighted by Gasteiger charge is 2.14. The minimum absolute atomic E-state index is 0.221. The Morgan fingerprint density at radius 3 is 2.38 bits per heavy atom. The van der Waals surface area contributed by atoms with Crippen LogP contribution in [0.3, 0.4) is 0 Å². The van der Waals surface area contributed by atoms with Crippen LogP contribution in [0.15, 0.2) is 18.2 Å². The van der Waals surface area contributed by atoms with Gasteiger partial charge in [0, 0.05) is 5.56 Å². The fourth-order valence-electron chi connectivity index (χ4n) is 1.03. The lowest BCUT2D eigenvalue weighted by Crippen LogP contribution is -2.23. The van der Waals surface area contributed by atoms with Crippen LogP contribution in [0.1, 0.15) is 26.3 Å². The van der Waals surface area contributed by atoms with Crippen molar-refractivity contribution in [3.05, 3.63) is 29.6 Å². The minimum atomic E-state index is -0.279. The Kier molecular flexibility index (Phi) is 2.60. The topological polar surface area (TPSA) is 9.23 Å². The van der Waals surface area contributed by atoms with Crippen LogP contribution in [-0.4, -0.2) is 5.60 Å². The van der Waals surface area contributed by atoms with Crippen molar-refractivity contribution in [2.75, 3.05) is 0 Å². The van der Waals surface area contributed by atoms with Gasteiger partial charge in [-0.3, -0.25) is 0 Å². The van der Waals surface area contributed by atoms with Crippen LogP contribution in [0.2, 0.25) is 0 Å². The summed E-state index contributed by atoms with van der Waals surface area (Å²) in [5, 5.41) is 0. The van der Waals surface area contributed by atoms with E-state index in [0.29, 0.717) is 11.3 Å². The maximum absolute atomic E-state index is 13.1. The average Bonchev–Trinajstić information content (AvgIpc) is 1.96. The van der Waals surface area contributed by atoms with E-state index in [0.717, 1.165) is 0 Å². The zero-order valence-electron chi connectivity index (χ0n) is 8.52. The lowest BCUT2D eigenvalue weighted by atomic mass is 10.1. The molecule has 0 atom stereocenters. The molecular weight excluding hydrogens is 167 g/mol. The number of hydrogen-bond acceptors (Lipinski definition) is 1. The van der Waals surface area contributed by atoms with E-state index in [-0.39, 0.29) is 11.4 Å². The van der Waals surface area contributed by atoms with E-state index in [1.807, 2.05) is 20.8 Å². The standard InChI is InChI=1S/C11H15FO/c1-8-9(12)6-5-7-10(8)13-11(2,3)4/h5-7H,1-4H3. The normalized spacial score (nSPS) is 11.5. The zero-order valence-corrected chi connectivity index (χ0v) is 8.52. The van der Waals surface area contributed by atoms with E-state index in [2.05, 4.69) is 0 Å². The number of halogens is 1. The maximum atomic E-state index is 13.1. The Morgan fingerprint density at radius 2 is 1.85 bits per heavy atom. The molecule has 0 aliphatic rings. The molecule has 0 bridgehead atoms. The minimum Gasteiger partial charge on any atom is -0.488 e. The molecule has 13 heavy (non-hydrogen) atoms. The van der Waals surface area contributed by atoms with Crippen LogP contribution < -0.4 is 4.74 Å². The molecular formula is C11H15FO. The van der Waals surface area contributed by atoms with Crippen molar-refractivity contribution in [1.29, 1.82) is 0 Å². The molecule has 0 saturated heterocycles. The number of hydrogen-bond donors (Lipinski definition) is 0. The van der Waals surface area contributed by atoms with Crippen LogP contribution in [-0.2, 0) is 0 Å². The van der Waals surface area contributed by atoms with Gasteiger partial charge in [-0.25, -0.2) is 4.39 Å². The monoisotopic (exact) mass is 182 g/mol. The van der Waals surface area contributed by atoms with Gasteiger partial charge in [0.25, 0.3) is 0 Å². The van der Waals surface area contributed by atoms with Crippen LogP contribution in [0, 0.1) is 12.7 Å². The van der Waals surface area contributed by atoms with Gasteiger partial charge in [0.05, 0.1) is 0 Å². The van der Waals surface area contributed by atoms with Gasteiger partial charge < -0.3 is 4.74 Å². The molecule has 1 nitrogen and oxygen atoms in total. The van der Waals surface area contributed by atoms with E-state index < -0.39 is 0 Å². The summed E-state index contributed by atoms with van der Waals surface area (Å²) in [6.45, 7) is 7.54. The van der Waals surface area contributed by atoms with Gasteiger partial charge in [0.15, 0.2) is 0 Å². The first-order valence-electron chi connectivity index (χ1n) is 4.34. The molecule has 0 N–H and O–H groups in total. The second kappa shape index (κ2) is 3.36. The van der Waals surface area contributed by atoms with Gasteiger partial charge in [-0.15, -0.1) is 0 Å². The van der Waals surface area contributed by atoms with E-state index in [1.54, 1.807) is 19.1 Å². The third-order valence-electron chi connectivity index (χ3n) is 1.63. The van der Waals surface area contributed by atoms with Crippen molar-refractivity contribution < 1.29 is 9.13 Å². The predicted octanol–water partition coefficient (Wildman–Crippen LogP) is 3.31. The molecule has 0 radical (unpaired) electrons. The molecule has 2 heteroatoms. The van der Waals surface area contributed by atoms with Crippen molar-refractivity contribution in [3.63, 3.8) is 0 Å². The molecule has 0 aromatic heterocycles. The molecule has 1 aromatic rings. The number of ether oxygens (including phenoxy) is 1. The SMILES string of the molecule is Cc1c(F)cccc1OC(C)(C)C. The first-order chi connectivity index (χ1) is 5.90. The molecule has 0 heterocycles. The predicted molar refractivity (Wildman–Crippen MR) is 51.5 cm³/mol. The van der Waals surface area contributed by atoms with Crippen molar-refractivity contribution in [3.8, 4) is 5.75 Å². The summed E-state index contributed by atoms with van der Waals surface area (Å²) in [5.74, 6) is 0.397. The summed E-state index contributed by atoms with van der Waals surface area (Å²) in [4.78, 5) is 0. The third kappa shape index (κ3) is 2.72. The Bertz CT molecular complexity index is 299. The zero-order chi connectivity index (χ0) is 10.1. The Hall–Kier alpha value is -1.05. The maximum Gasteiger partial charge on any atom is 0.129 e. The van der Waals surface area contributed by atoms with E-state index >= 15 is 0 Å². The summed E-state index contributed by atoms with van der Waals surface area (Å²) >= 11 is 0. The second-order valence-electron chi connectivity index (χ2n) is 4.08. The van der Waals surface area contributed by atoms with E-state index in [4.69, 9.17) is 4.74 Å². The lowest BCUT2D eigenvalue weighted by molar-refractivity contribution is 0.129. The smallest absolute Gasteiger partial charge is 0.129 e.